The van der Waals surface area contributed by atoms with Crippen LogP contribution in [-0.2, 0) is 0 Å². The summed E-state index contributed by atoms with van der Waals surface area (Å²) >= 11 is 0. The average Bonchev–Trinajstić information content (AvgIpc) is 2.95. The molecule has 1 atom stereocenters. The van der Waals surface area contributed by atoms with Gasteiger partial charge in [0.15, 0.2) is 5.82 Å². The Labute approximate surface area is 106 Å². The van der Waals surface area contributed by atoms with Crippen molar-refractivity contribution in [2.24, 2.45) is 0 Å². The lowest BCUT2D eigenvalue weighted by Crippen LogP contribution is -2.38. The van der Waals surface area contributed by atoms with Crippen LogP contribution in [0.3, 0.4) is 0 Å². The van der Waals surface area contributed by atoms with E-state index in [0.717, 1.165) is 32.2 Å². The van der Waals surface area contributed by atoms with E-state index in [1.54, 1.807) is 13.0 Å². The highest BCUT2D eigenvalue weighted by Crippen LogP contribution is 2.22. The molecule has 2 N–H and O–H groups in total. The molecule has 0 bridgehead atoms. The molecule has 1 aliphatic heterocycles. The van der Waals surface area contributed by atoms with Crippen LogP contribution in [0, 0.1) is 6.92 Å². The summed E-state index contributed by atoms with van der Waals surface area (Å²) in [4.78, 5) is 13.9. The summed E-state index contributed by atoms with van der Waals surface area (Å²) in [6.45, 7) is 2.72. The summed E-state index contributed by atoms with van der Waals surface area (Å²) in [5.41, 5.74) is 0. The number of hydrogen-bond donors (Lipinski definition) is 2. The Morgan fingerprint density at radius 1 is 1.72 bits per heavy atom. The third-order valence-corrected chi connectivity index (χ3v) is 3.20. The van der Waals surface area contributed by atoms with Crippen molar-refractivity contribution in [3.63, 3.8) is 0 Å². The summed E-state index contributed by atoms with van der Waals surface area (Å²) in [6, 6.07) is 1.78. The van der Waals surface area contributed by atoms with Crippen molar-refractivity contribution >= 4 is 11.8 Å². The highest BCUT2D eigenvalue weighted by Gasteiger charge is 2.28. The number of hydrogen-bond acceptors (Lipinski definition) is 4. The lowest BCUT2D eigenvalue weighted by atomic mass is 10.1. The standard InChI is InChI=1S/C12H19N3O3/c1-9-8-11(14-18-9)13-12(17)15-6-2-4-10(15)5-3-7-16/h8,10,16H,2-7H2,1H3,(H,13,14,17)/t10-/m1/s1. The fraction of sp³-hybridized carbons (Fsp3) is 0.667. The van der Waals surface area contributed by atoms with Gasteiger partial charge in [0.05, 0.1) is 0 Å². The second-order valence-electron chi connectivity index (χ2n) is 4.61. The summed E-state index contributed by atoms with van der Waals surface area (Å²) in [7, 11) is 0. The number of nitrogens with zero attached hydrogens (tertiary/aromatic N) is 2. The number of urea groups is 1. The average molecular weight is 253 g/mol. The molecule has 1 fully saturated rings. The lowest BCUT2D eigenvalue weighted by Gasteiger charge is -2.24. The highest BCUT2D eigenvalue weighted by atomic mass is 16.5. The molecule has 0 aliphatic carbocycles. The van der Waals surface area contributed by atoms with Gasteiger partial charge in [0.25, 0.3) is 0 Å². The van der Waals surface area contributed by atoms with Crippen molar-refractivity contribution in [1.82, 2.24) is 10.1 Å². The minimum atomic E-state index is -0.135. The molecule has 100 valence electrons. The van der Waals surface area contributed by atoms with Gasteiger partial charge in [0, 0.05) is 25.3 Å². The molecular formula is C12H19N3O3. The van der Waals surface area contributed by atoms with Crippen LogP contribution in [-0.4, -0.2) is 40.4 Å². The van der Waals surface area contributed by atoms with Gasteiger partial charge < -0.3 is 14.5 Å². The third-order valence-electron chi connectivity index (χ3n) is 3.20. The van der Waals surface area contributed by atoms with Gasteiger partial charge in [-0.25, -0.2) is 4.79 Å². The lowest BCUT2D eigenvalue weighted by molar-refractivity contribution is 0.197. The molecule has 2 amide bonds. The van der Waals surface area contributed by atoms with E-state index in [2.05, 4.69) is 10.5 Å². The molecule has 0 spiro atoms. The number of carbonyl (C=O) groups excluding carboxylic acids is 1. The van der Waals surface area contributed by atoms with E-state index in [1.807, 2.05) is 4.90 Å². The molecule has 1 aromatic rings. The largest absolute Gasteiger partial charge is 0.396 e. The first-order chi connectivity index (χ1) is 8.70. The smallest absolute Gasteiger partial charge is 0.323 e. The summed E-state index contributed by atoms with van der Waals surface area (Å²) in [5.74, 6) is 1.12. The van der Waals surface area contributed by atoms with E-state index in [-0.39, 0.29) is 18.7 Å². The van der Waals surface area contributed by atoms with E-state index in [4.69, 9.17) is 9.63 Å². The van der Waals surface area contributed by atoms with Gasteiger partial charge in [0.2, 0.25) is 0 Å². The van der Waals surface area contributed by atoms with Gasteiger partial charge in [-0.2, -0.15) is 0 Å². The van der Waals surface area contributed by atoms with Gasteiger partial charge >= 0.3 is 6.03 Å². The van der Waals surface area contributed by atoms with Crippen LogP contribution >= 0.6 is 0 Å². The number of nitrogens with one attached hydrogen (secondary N) is 1. The minimum Gasteiger partial charge on any atom is -0.396 e. The van der Waals surface area contributed by atoms with Gasteiger partial charge in [-0.1, -0.05) is 5.16 Å². The third kappa shape index (κ3) is 3.01. The number of aliphatic hydroxyl groups is 1. The molecule has 2 rings (SSSR count). The Bertz CT molecular complexity index is 405. The van der Waals surface area contributed by atoms with E-state index in [1.165, 1.54) is 0 Å². The van der Waals surface area contributed by atoms with Crippen molar-refractivity contribution in [2.45, 2.75) is 38.6 Å². The molecule has 6 nitrogen and oxygen atoms in total. The van der Waals surface area contributed by atoms with Crippen LogP contribution in [0.4, 0.5) is 10.6 Å². The molecule has 0 unspecified atom stereocenters. The van der Waals surface area contributed by atoms with Crippen LogP contribution in [0.15, 0.2) is 10.6 Å². The molecule has 0 saturated carbocycles. The molecule has 1 saturated heterocycles. The molecule has 1 aliphatic rings. The SMILES string of the molecule is Cc1cc(NC(=O)N2CCC[C@@H]2CCCO)no1. The van der Waals surface area contributed by atoms with E-state index < -0.39 is 0 Å². The van der Waals surface area contributed by atoms with Gasteiger partial charge in [-0.15, -0.1) is 0 Å². The zero-order valence-electron chi connectivity index (χ0n) is 10.6. The normalized spacial score (nSPS) is 19.2. The Morgan fingerprint density at radius 3 is 3.22 bits per heavy atom. The first-order valence-corrected chi connectivity index (χ1v) is 6.32. The highest BCUT2D eigenvalue weighted by molar-refractivity contribution is 5.88. The van der Waals surface area contributed by atoms with Crippen LogP contribution in [0.25, 0.3) is 0 Å². The number of anilines is 1. The second kappa shape index (κ2) is 5.86. The Hall–Kier alpha value is -1.56. The fourth-order valence-corrected chi connectivity index (χ4v) is 2.34. The maximum atomic E-state index is 12.1. The van der Waals surface area contributed by atoms with Crippen LogP contribution in [0.2, 0.25) is 0 Å². The number of likely N-dealkylation sites (tertiary alicyclic amines) is 1. The number of amides is 2. The molecule has 6 heteroatoms. The molecular weight excluding hydrogens is 234 g/mol. The molecule has 2 heterocycles. The van der Waals surface area contributed by atoms with Crippen LogP contribution in [0.1, 0.15) is 31.4 Å². The van der Waals surface area contributed by atoms with Crippen molar-refractivity contribution < 1.29 is 14.4 Å². The quantitative estimate of drug-likeness (QED) is 0.856. The molecule has 0 radical (unpaired) electrons. The number of aryl methyl sites for hydroxylation is 1. The topological polar surface area (TPSA) is 78.6 Å². The Kier molecular flexibility index (Phi) is 4.19. The zero-order valence-corrected chi connectivity index (χ0v) is 10.6. The summed E-state index contributed by atoms with van der Waals surface area (Å²) in [6.07, 6.45) is 3.60. The second-order valence-corrected chi connectivity index (χ2v) is 4.61. The first-order valence-electron chi connectivity index (χ1n) is 6.32. The summed E-state index contributed by atoms with van der Waals surface area (Å²) in [5, 5.41) is 15.3. The monoisotopic (exact) mass is 253 g/mol. The number of aliphatic hydroxyl groups excluding tert-OH is 1. The number of aromatic nitrogens is 1. The first kappa shape index (κ1) is 12.9. The molecule has 0 aromatic carbocycles. The van der Waals surface area contributed by atoms with Crippen LogP contribution in [0.5, 0.6) is 0 Å². The van der Waals surface area contributed by atoms with Crippen molar-refractivity contribution in [1.29, 1.82) is 0 Å². The fourth-order valence-electron chi connectivity index (χ4n) is 2.34. The van der Waals surface area contributed by atoms with Gasteiger partial charge in [0.1, 0.15) is 5.76 Å². The summed E-state index contributed by atoms with van der Waals surface area (Å²) < 4.78 is 4.90. The number of rotatable bonds is 4. The van der Waals surface area contributed by atoms with Crippen molar-refractivity contribution in [2.75, 3.05) is 18.5 Å². The van der Waals surface area contributed by atoms with Crippen molar-refractivity contribution in [3.8, 4) is 0 Å². The van der Waals surface area contributed by atoms with E-state index in [0.29, 0.717) is 11.6 Å². The van der Waals surface area contributed by atoms with Gasteiger partial charge in [-0.05, 0) is 32.6 Å². The zero-order chi connectivity index (χ0) is 13.0. The predicted octanol–water partition coefficient (Wildman–Crippen LogP) is 1.75. The number of carbonyl (C=O) groups is 1. The Balaban J connectivity index is 1.91. The predicted molar refractivity (Wildman–Crippen MR) is 66.3 cm³/mol. The molecule has 1 aromatic heterocycles. The van der Waals surface area contributed by atoms with Crippen molar-refractivity contribution in [3.05, 3.63) is 11.8 Å². The maximum Gasteiger partial charge on any atom is 0.323 e. The van der Waals surface area contributed by atoms with E-state index in [9.17, 15) is 4.79 Å². The van der Waals surface area contributed by atoms with Gasteiger partial charge in [-0.3, -0.25) is 5.32 Å². The van der Waals surface area contributed by atoms with E-state index >= 15 is 0 Å². The minimum absolute atomic E-state index is 0.135. The molecule has 18 heavy (non-hydrogen) atoms. The maximum absolute atomic E-state index is 12.1. The Morgan fingerprint density at radius 2 is 2.56 bits per heavy atom. The van der Waals surface area contributed by atoms with Crippen LogP contribution < -0.4 is 5.32 Å².